The van der Waals surface area contributed by atoms with E-state index in [-0.39, 0.29) is 12.1 Å². The third kappa shape index (κ3) is 3.34. The van der Waals surface area contributed by atoms with Gasteiger partial charge in [-0.15, -0.1) is 0 Å². The van der Waals surface area contributed by atoms with Crippen LogP contribution in [0.4, 0.5) is 10.1 Å². The molecule has 0 heterocycles. The molecular formula is C14H8Cl3FN2. The van der Waals surface area contributed by atoms with Gasteiger partial charge in [0.2, 0.25) is 0 Å². The van der Waals surface area contributed by atoms with Gasteiger partial charge in [0.1, 0.15) is 5.82 Å². The largest absolute Gasteiger partial charge is 0.380 e. The molecule has 1 N–H and O–H groups in total. The molecule has 0 aromatic heterocycles. The summed E-state index contributed by atoms with van der Waals surface area (Å²) in [7, 11) is 0. The summed E-state index contributed by atoms with van der Waals surface area (Å²) in [5, 5.41) is 12.8. The maximum absolute atomic E-state index is 13.7. The molecule has 6 heteroatoms. The molecule has 0 aliphatic carbocycles. The molecule has 2 aromatic rings. The minimum atomic E-state index is -0.451. The Hall–Kier alpha value is -1.47. The van der Waals surface area contributed by atoms with E-state index in [4.69, 9.17) is 40.1 Å². The van der Waals surface area contributed by atoms with E-state index in [1.165, 1.54) is 12.1 Å². The lowest BCUT2D eigenvalue weighted by Crippen LogP contribution is -2.02. The van der Waals surface area contributed by atoms with Gasteiger partial charge in [0.15, 0.2) is 0 Å². The highest BCUT2D eigenvalue weighted by Gasteiger charge is 2.08. The second kappa shape index (κ2) is 6.32. The molecule has 0 aliphatic heterocycles. The van der Waals surface area contributed by atoms with E-state index in [0.29, 0.717) is 26.3 Å². The monoisotopic (exact) mass is 328 g/mol. The summed E-state index contributed by atoms with van der Waals surface area (Å²) in [4.78, 5) is 0. The molecule has 2 aromatic carbocycles. The van der Waals surface area contributed by atoms with Crippen molar-refractivity contribution < 1.29 is 4.39 Å². The molecule has 0 amide bonds. The topological polar surface area (TPSA) is 35.8 Å². The van der Waals surface area contributed by atoms with E-state index in [1.807, 2.05) is 6.07 Å². The fourth-order valence-corrected chi connectivity index (χ4v) is 2.22. The number of rotatable bonds is 3. The van der Waals surface area contributed by atoms with E-state index in [2.05, 4.69) is 5.32 Å². The van der Waals surface area contributed by atoms with Gasteiger partial charge < -0.3 is 5.32 Å². The van der Waals surface area contributed by atoms with Crippen LogP contribution in [0.15, 0.2) is 30.3 Å². The van der Waals surface area contributed by atoms with Crippen LogP contribution in [0.2, 0.25) is 15.1 Å². The third-order valence-corrected chi connectivity index (χ3v) is 3.70. The van der Waals surface area contributed by atoms with E-state index in [0.717, 1.165) is 0 Å². The highest BCUT2D eigenvalue weighted by Crippen LogP contribution is 2.32. The van der Waals surface area contributed by atoms with Crippen LogP contribution in [0.3, 0.4) is 0 Å². The van der Waals surface area contributed by atoms with E-state index >= 15 is 0 Å². The molecule has 0 spiro atoms. The van der Waals surface area contributed by atoms with Crippen molar-refractivity contribution in [3.63, 3.8) is 0 Å². The van der Waals surface area contributed by atoms with E-state index < -0.39 is 5.82 Å². The molecule has 0 fully saturated rings. The van der Waals surface area contributed by atoms with Crippen LogP contribution in [0.1, 0.15) is 11.1 Å². The Kier molecular flexibility index (Phi) is 4.72. The number of nitriles is 1. The molecule has 0 unspecified atom stereocenters. The van der Waals surface area contributed by atoms with Gasteiger partial charge in [0, 0.05) is 12.1 Å². The van der Waals surface area contributed by atoms with Crippen molar-refractivity contribution in [2.45, 2.75) is 6.54 Å². The summed E-state index contributed by atoms with van der Waals surface area (Å²) in [5.74, 6) is -0.451. The van der Waals surface area contributed by atoms with Crippen LogP contribution in [0.25, 0.3) is 0 Å². The van der Waals surface area contributed by atoms with Crippen molar-refractivity contribution in [1.82, 2.24) is 0 Å². The quantitative estimate of drug-likeness (QED) is 0.779. The SMILES string of the molecule is N#Cc1ccc(CNc2cc(Cl)c(Cl)cc2Cl)c(F)c1. The summed E-state index contributed by atoms with van der Waals surface area (Å²) in [6.45, 7) is 0.217. The Morgan fingerprint density at radius 2 is 1.75 bits per heavy atom. The van der Waals surface area contributed by atoms with Crippen molar-refractivity contribution >= 4 is 40.5 Å². The van der Waals surface area contributed by atoms with Gasteiger partial charge in [0.05, 0.1) is 32.4 Å². The van der Waals surface area contributed by atoms with Crippen LogP contribution in [-0.4, -0.2) is 0 Å². The molecule has 102 valence electrons. The summed E-state index contributed by atoms with van der Waals surface area (Å²) in [5.41, 5.74) is 1.26. The first-order valence-corrected chi connectivity index (χ1v) is 6.71. The number of hydrogen-bond acceptors (Lipinski definition) is 2. The van der Waals surface area contributed by atoms with Crippen molar-refractivity contribution in [3.05, 3.63) is 62.3 Å². The van der Waals surface area contributed by atoms with Gasteiger partial charge in [0.25, 0.3) is 0 Å². The summed E-state index contributed by atoms with van der Waals surface area (Å²) in [6.07, 6.45) is 0. The molecule has 0 radical (unpaired) electrons. The van der Waals surface area contributed by atoms with E-state index in [1.54, 1.807) is 18.2 Å². The maximum Gasteiger partial charge on any atom is 0.129 e. The highest BCUT2D eigenvalue weighted by atomic mass is 35.5. The summed E-state index contributed by atoms with van der Waals surface area (Å²) >= 11 is 17.7. The Morgan fingerprint density at radius 3 is 2.40 bits per heavy atom. The fourth-order valence-electron chi connectivity index (χ4n) is 1.61. The second-order valence-corrected chi connectivity index (χ2v) is 5.24. The maximum atomic E-state index is 13.7. The minimum Gasteiger partial charge on any atom is -0.380 e. The molecule has 0 saturated carbocycles. The van der Waals surface area contributed by atoms with E-state index in [9.17, 15) is 4.39 Å². The van der Waals surface area contributed by atoms with Gasteiger partial charge in [-0.2, -0.15) is 5.26 Å². The third-order valence-electron chi connectivity index (χ3n) is 2.66. The number of nitrogens with zero attached hydrogens (tertiary/aromatic N) is 1. The van der Waals surface area contributed by atoms with Crippen LogP contribution in [0.5, 0.6) is 0 Å². The molecule has 0 aliphatic rings. The Bertz CT molecular complexity index is 696. The first-order chi connectivity index (χ1) is 9.51. The summed E-state index contributed by atoms with van der Waals surface area (Å²) in [6, 6.07) is 9.26. The highest BCUT2D eigenvalue weighted by molar-refractivity contribution is 6.44. The predicted molar refractivity (Wildman–Crippen MR) is 79.9 cm³/mol. The normalized spacial score (nSPS) is 10.2. The Labute approximate surface area is 130 Å². The second-order valence-electron chi connectivity index (χ2n) is 4.02. The molecule has 2 rings (SSSR count). The number of anilines is 1. The zero-order valence-corrected chi connectivity index (χ0v) is 12.3. The Morgan fingerprint density at radius 1 is 1.05 bits per heavy atom. The lowest BCUT2D eigenvalue weighted by Gasteiger charge is -2.10. The standard InChI is InChI=1S/C14H8Cl3FN2/c15-10-4-12(17)14(5-11(10)16)20-7-9-2-1-8(6-19)3-13(9)18/h1-5,20H,7H2. The molecule has 20 heavy (non-hydrogen) atoms. The zero-order valence-electron chi connectivity index (χ0n) is 10.1. The molecule has 2 nitrogen and oxygen atoms in total. The number of halogens is 4. The van der Waals surface area contributed by atoms with Gasteiger partial charge in [-0.05, 0) is 24.3 Å². The smallest absolute Gasteiger partial charge is 0.129 e. The van der Waals surface area contributed by atoms with Crippen molar-refractivity contribution in [3.8, 4) is 6.07 Å². The Balaban J connectivity index is 2.17. The fraction of sp³-hybridized carbons (Fsp3) is 0.0714. The molecule has 0 bridgehead atoms. The van der Waals surface area contributed by atoms with Gasteiger partial charge >= 0.3 is 0 Å². The number of hydrogen-bond donors (Lipinski definition) is 1. The lowest BCUT2D eigenvalue weighted by molar-refractivity contribution is 0.612. The van der Waals surface area contributed by atoms with Gasteiger partial charge in [-0.3, -0.25) is 0 Å². The van der Waals surface area contributed by atoms with Crippen molar-refractivity contribution in [2.75, 3.05) is 5.32 Å². The first kappa shape index (κ1) is 14.9. The van der Waals surface area contributed by atoms with Crippen LogP contribution >= 0.6 is 34.8 Å². The number of benzene rings is 2. The zero-order chi connectivity index (χ0) is 14.7. The van der Waals surface area contributed by atoms with Gasteiger partial charge in [-0.1, -0.05) is 40.9 Å². The van der Waals surface area contributed by atoms with Crippen LogP contribution < -0.4 is 5.32 Å². The lowest BCUT2D eigenvalue weighted by atomic mass is 10.1. The predicted octanol–water partition coefficient (Wildman–Crippen LogP) is 5.27. The number of nitrogens with one attached hydrogen (secondary N) is 1. The molecular weight excluding hydrogens is 322 g/mol. The first-order valence-electron chi connectivity index (χ1n) is 5.58. The minimum absolute atomic E-state index is 0.217. The van der Waals surface area contributed by atoms with Crippen LogP contribution in [-0.2, 0) is 6.54 Å². The molecule has 0 atom stereocenters. The van der Waals surface area contributed by atoms with Crippen molar-refractivity contribution in [1.29, 1.82) is 5.26 Å². The summed E-state index contributed by atoms with van der Waals surface area (Å²) < 4.78 is 13.7. The van der Waals surface area contributed by atoms with Crippen LogP contribution in [0, 0.1) is 17.1 Å². The van der Waals surface area contributed by atoms with Crippen molar-refractivity contribution in [2.24, 2.45) is 0 Å². The van der Waals surface area contributed by atoms with Gasteiger partial charge in [-0.25, -0.2) is 4.39 Å². The average molecular weight is 330 g/mol. The average Bonchev–Trinajstić information content (AvgIpc) is 2.42. The molecule has 0 saturated heterocycles.